The van der Waals surface area contributed by atoms with E-state index in [9.17, 15) is 28.8 Å². The Labute approximate surface area is 406 Å². The van der Waals surface area contributed by atoms with Crippen LogP contribution < -0.4 is 10.7 Å². The molecule has 7 rings (SSSR count). The van der Waals surface area contributed by atoms with E-state index >= 15 is 0 Å². The molecule has 5 atom stereocenters. The van der Waals surface area contributed by atoms with Gasteiger partial charge in [-0.15, -0.1) is 0 Å². The number of nitrogens with one attached hydrogen (secondary N) is 2. The van der Waals surface area contributed by atoms with E-state index in [-0.39, 0.29) is 43.4 Å². The Morgan fingerprint density at radius 1 is 1.03 bits per heavy atom. The predicted molar refractivity (Wildman–Crippen MR) is 266 cm³/mol. The average molecular weight is 946 g/mol. The monoisotopic (exact) mass is 946 g/mol. The molecule has 5 heterocycles. The van der Waals surface area contributed by atoms with Crippen LogP contribution in [0.2, 0.25) is 0 Å². The van der Waals surface area contributed by atoms with Crippen molar-refractivity contribution in [3.05, 3.63) is 89.8 Å². The van der Waals surface area contributed by atoms with E-state index in [1.807, 2.05) is 65.0 Å². The maximum Gasteiger partial charge on any atom is 0.324 e. The third-order valence-electron chi connectivity index (χ3n) is 13.5. The lowest BCUT2D eigenvalue weighted by Gasteiger charge is -2.37. The van der Waals surface area contributed by atoms with Crippen LogP contribution in [0.25, 0.3) is 33.3 Å². The number of rotatable bonds is 11. The Morgan fingerprint density at radius 3 is 2.49 bits per heavy atom. The quantitative estimate of drug-likeness (QED) is 0.0920. The minimum atomic E-state index is -1.07. The number of methoxy groups -OCH3 is 1. The summed E-state index contributed by atoms with van der Waals surface area (Å²) in [5.41, 5.74) is 10.4. The van der Waals surface area contributed by atoms with Crippen molar-refractivity contribution in [2.24, 2.45) is 17.3 Å². The van der Waals surface area contributed by atoms with Gasteiger partial charge in [-0.05, 0) is 98.0 Å². The van der Waals surface area contributed by atoms with Gasteiger partial charge in [0.25, 0.3) is 5.91 Å². The Morgan fingerprint density at radius 2 is 1.78 bits per heavy atom. The van der Waals surface area contributed by atoms with Crippen molar-refractivity contribution in [3.8, 4) is 22.4 Å². The summed E-state index contributed by atoms with van der Waals surface area (Å²) in [7, 11) is 3.26. The number of esters is 1. The Bertz CT molecular complexity index is 2550. The van der Waals surface area contributed by atoms with Crippen LogP contribution in [0, 0.1) is 17.3 Å². The summed E-state index contributed by atoms with van der Waals surface area (Å²) in [4.78, 5) is 88.3. The Kier molecular flexibility index (Phi) is 17.4. The number of hydrazine groups is 1. The molecule has 6 bridgehead atoms. The highest BCUT2D eigenvalue weighted by atomic mass is 16.5. The summed E-state index contributed by atoms with van der Waals surface area (Å²) >= 11 is 0. The summed E-state index contributed by atoms with van der Waals surface area (Å²) in [5.74, 6) is -2.90. The molecule has 3 aliphatic heterocycles. The zero-order valence-electron chi connectivity index (χ0n) is 42.0. The summed E-state index contributed by atoms with van der Waals surface area (Å²) < 4.78 is 14.3. The number of pyridine rings is 1. The molecule has 15 nitrogen and oxygen atoms in total. The minimum Gasteiger partial charge on any atom is -0.464 e. The normalized spacial score (nSPS) is 20.4. The molecule has 2 aromatic heterocycles. The average Bonchev–Trinajstić information content (AvgIpc) is 3.97. The number of fused-ring (bicyclic) bond motifs is 6. The number of aromatic nitrogens is 2. The van der Waals surface area contributed by atoms with Crippen LogP contribution in [0.3, 0.4) is 0 Å². The van der Waals surface area contributed by atoms with E-state index in [1.54, 1.807) is 20.4 Å². The number of hydrogen-bond acceptors (Lipinski definition) is 10. The van der Waals surface area contributed by atoms with Gasteiger partial charge in [0, 0.05) is 80.9 Å². The van der Waals surface area contributed by atoms with Crippen LogP contribution in [0.1, 0.15) is 97.6 Å². The molecule has 5 unspecified atom stereocenters. The van der Waals surface area contributed by atoms with Gasteiger partial charge in [-0.1, -0.05) is 71.9 Å². The predicted octanol–water partition coefficient (Wildman–Crippen LogP) is 6.86. The van der Waals surface area contributed by atoms with Crippen molar-refractivity contribution in [3.63, 3.8) is 0 Å². The SMILES string of the molecule is CC.CCn1c(-c2cccnc2C(C)OC)c2c3cc(ccc31)-c1cccc(c1)CC(NC(=O)C(C(C)C)N(C)C(=O)C1CCN(C(=O)/C=C/C=O)C1)C(=O)N1CCCC(N1)C(=O)OCC(C)(C)C2. The number of carbonyl (C=O) groups excluding carboxylic acids is 6. The summed E-state index contributed by atoms with van der Waals surface area (Å²) in [6.07, 6.45) is 6.47. The van der Waals surface area contributed by atoms with E-state index in [4.69, 9.17) is 14.5 Å². The molecule has 2 fully saturated rings. The minimum absolute atomic E-state index is 0.125. The number of aldehydes is 1. The number of likely N-dealkylation sites (N-methyl/N-ethyl adjacent to an activating group) is 1. The third kappa shape index (κ3) is 11.6. The molecule has 0 aliphatic carbocycles. The van der Waals surface area contributed by atoms with Crippen molar-refractivity contribution in [2.75, 3.05) is 40.4 Å². The molecule has 0 radical (unpaired) electrons. The first kappa shape index (κ1) is 52.2. The second-order valence-electron chi connectivity index (χ2n) is 19.2. The maximum absolute atomic E-state index is 14.7. The van der Waals surface area contributed by atoms with E-state index in [1.165, 1.54) is 20.9 Å². The number of nitrogens with zero attached hydrogens (tertiary/aromatic N) is 5. The summed E-state index contributed by atoms with van der Waals surface area (Å²) in [6.45, 7) is 17.6. The number of carbonyl (C=O) groups is 6. The lowest BCUT2D eigenvalue weighted by molar-refractivity contribution is -0.155. The highest BCUT2D eigenvalue weighted by Gasteiger charge is 2.40. The summed E-state index contributed by atoms with van der Waals surface area (Å²) in [5, 5.41) is 5.53. The topological polar surface area (TPSA) is 172 Å². The molecule has 2 saturated heterocycles. The molecule has 3 aliphatic rings. The van der Waals surface area contributed by atoms with Gasteiger partial charge < -0.3 is 29.2 Å². The van der Waals surface area contributed by atoms with Gasteiger partial charge in [-0.2, -0.15) is 0 Å². The van der Waals surface area contributed by atoms with Gasteiger partial charge in [0.15, 0.2) is 0 Å². The number of hydrogen-bond donors (Lipinski definition) is 2. The van der Waals surface area contributed by atoms with Gasteiger partial charge in [-0.3, -0.25) is 38.8 Å². The standard InChI is InChI=1S/C52H65N7O8.C2H6/c1-9-58-43-20-19-36-28-39(43)40(47(58)38-16-11-22-53-45(38)33(4)66-8)29-52(5,6)31-67-51(65)41-17-12-23-59(55-41)50(64)42(27-34-14-10-15-35(36)26-34)54-48(62)46(32(2)3)56(7)49(63)37-21-24-57(30-37)44(61)18-13-25-60;1-2/h10-11,13-16,18-20,22,25-26,28,32-33,37,41-42,46,55H,9,12,17,21,23-24,27,29-31H2,1-8H3,(H,54,62);1-2H3/b18-13+;. The van der Waals surface area contributed by atoms with Crippen molar-refractivity contribution in [2.45, 2.75) is 118 Å². The number of amides is 4. The van der Waals surface area contributed by atoms with Crippen molar-refractivity contribution in [1.29, 1.82) is 0 Å². The zero-order valence-corrected chi connectivity index (χ0v) is 42.0. The highest BCUT2D eigenvalue weighted by Crippen LogP contribution is 2.42. The van der Waals surface area contributed by atoms with Gasteiger partial charge in [-0.25, -0.2) is 5.43 Å². The van der Waals surface area contributed by atoms with Gasteiger partial charge >= 0.3 is 5.97 Å². The van der Waals surface area contributed by atoms with E-state index in [0.717, 1.165) is 56.2 Å². The van der Waals surface area contributed by atoms with Gasteiger partial charge in [0.1, 0.15) is 24.4 Å². The fourth-order valence-corrected chi connectivity index (χ4v) is 9.98. The van der Waals surface area contributed by atoms with Crippen LogP contribution in [-0.4, -0.2) is 119 Å². The molecule has 4 aromatic rings. The maximum atomic E-state index is 14.7. The molecule has 370 valence electrons. The second kappa shape index (κ2) is 22.9. The van der Waals surface area contributed by atoms with E-state index < -0.39 is 47.2 Å². The van der Waals surface area contributed by atoms with Crippen LogP contribution >= 0.6 is 0 Å². The molecule has 0 saturated carbocycles. The number of cyclic esters (lactones) is 1. The molecular weight excluding hydrogens is 875 g/mol. The van der Waals surface area contributed by atoms with Crippen molar-refractivity contribution in [1.82, 2.24) is 35.1 Å². The molecular formula is C54H71N7O8. The smallest absolute Gasteiger partial charge is 0.324 e. The third-order valence-corrected chi connectivity index (χ3v) is 13.5. The van der Waals surface area contributed by atoms with E-state index in [2.05, 4.69) is 60.3 Å². The first-order valence-electron chi connectivity index (χ1n) is 24.5. The number of allylic oxidation sites excluding steroid dienone is 1. The van der Waals surface area contributed by atoms with Crippen LogP contribution in [-0.2, 0) is 57.6 Å². The first-order valence-corrected chi connectivity index (χ1v) is 24.5. The number of aryl methyl sites for hydroxylation is 1. The molecule has 2 aromatic carbocycles. The van der Waals surface area contributed by atoms with Crippen molar-refractivity contribution < 1.29 is 38.2 Å². The second-order valence-corrected chi connectivity index (χ2v) is 19.2. The number of benzene rings is 2. The molecule has 15 heteroatoms. The first-order chi connectivity index (χ1) is 33.0. The van der Waals surface area contributed by atoms with E-state index in [0.29, 0.717) is 51.6 Å². The summed E-state index contributed by atoms with van der Waals surface area (Å²) in [6, 6.07) is 15.7. The molecule has 0 spiro atoms. The lowest BCUT2D eigenvalue weighted by Crippen LogP contribution is -2.62. The fourth-order valence-electron chi connectivity index (χ4n) is 9.98. The van der Waals surface area contributed by atoms with Gasteiger partial charge in [0.2, 0.25) is 17.7 Å². The Hall–Kier alpha value is -6.19. The zero-order chi connectivity index (χ0) is 50.2. The number of likely N-dealkylation sites (tertiary alicyclic amines) is 1. The molecule has 69 heavy (non-hydrogen) atoms. The Balaban J connectivity index is 0.00000386. The van der Waals surface area contributed by atoms with Gasteiger partial charge in [0.05, 0.1) is 30.0 Å². The lowest BCUT2D eigenvalue weighted by atomic mass is 9.84. The molecule has 4 amide bonds. The van der Waals surface area contributed by atoms with Crippen LogP contribution in [0.4, 0.5) is 0 Å². The van der Waals surface area contributed by atoms with Crippen LogP contribution in [0.5, 0.6) is 0 Å². The fraction of sp³-hybridized carbons (Fsp3) is 0.500. The highest BCUT2D eigenvalue weighted by molar-refractivity contribution is 5.96. The molecule has 2 N–H and O–H groups in total. The largest absolute Gasteiger partial charge is 0.464 e. The van der Waals surface area contributed by atoms with Crippen molar-refractivity contribution >= 4 is 46.8 Å². The van der Waals surface area contributed by atoms with Crippen LogP contribution in [0.15, 0.2) is 72.9 Å². The number of ether oxygens (including phenoxy) is 2.